The third-order valence-electron chi connectivity index (χ3n) is 1.79. The molecule has 0 aromatic rings. The molecule has 0 aromatic heterocycles. The number of aliphatic hydroxyl groups excluding tert-OH is 1. The van der Waals surface area contributed by atoms with Crippen molar-refractivity contribution >= 4 is 5.78 Å². The van der Waals surface area contributed by atoms with Crippen LogP contribution in [0.2, 0.25) is 0 Å². The summed E-state index contributed by atoms with van der Waals surface area (Å²) >= 11 is 0. The van der Waals surface area contributed by atoms with Crippen LogP contribution in [0.1, 0.15) is 33.6 Å². The van der Waals surface area contributed by atoms with Crippen LogP contribution in [0.4, 0.5) is 0 Å². The molecule has 0 aliphatic heterocycles. The first-order chi connectivity index (χ1) is 4.57. The van der Waals surface area contributed by atoms with E-state index in [-0.39, 0.29) is 5.78 Å². The summed E-state index contributed by atoms with van der Waals surface area (Å²) in [6.07, 6.45) is 0.880. The van der Waals surface area contributed by atoms with Crippen LogP contribution >= 0.6 is 0 Å². The van der Waals surface area contributed by atoms with Gasteiger partial charge in [0.25, 0.3) is 0 Å². The molecule has 0 radical (unpaired) electrons. The number of Topliss-reactive ketones (excluding diaryl/α,β-unsaturated/α-hetero) is 1. The predicted octanol–water partition coefficient (Wildman–Crippen LogP) is 1.37. The van der Waals surface area contributed by atoms with E-state index in [0.717, 1.165) is 6.42 Å². The zero-order valence-corrected chi connectivity index (χ0v) is 6.92. The number of aliphatic hydroxyl groups is 1. The normalized spacial score (nSPS) is 16.4. The van der Waals surface area contributed by atoms with E-state index in [2.05, 4.69) is 6.92 Å². The second kappa shape index (κ2) is 4.45. The lowest BCUT2D eigenvalue weighted by atomic mass is 9.99. The van der Waals surface area contributed by atoms with Gasteiger partial charge >= 0.3 is 0 Å². The first kappa shape index (κ1) is 9.63. The minimum absolute atomic E-state index is 0.125. The van der Waals surface area contributed by atoms with Crippen LogP contribution in [0.15, 0.2) is 0 Å². The molecule has 0 bridgehead atoms. The number of ketones is 1. The molecule has 60 valence electrons. The van der Waals surface area contributed by atoms with Gasteiger partial charge in [0.2, 0.25) is 0 Å². The average molecular weight is 144 g/mol. The Hall–Kier alpha value is -0.370. The summed E-state index contributed by atoms with van der Waals surface area (Å²) in [6, 6.07) is 0. The molecule has 0 aliphatic rings. The van der Waals surface area contributed by atoms with Crippen molar-refractivity contribution in [2.75, 3.05) is 0 Å². The lowest BCUT2D eigenvalue weighted by molar-refractivity contribution is -0.125. The molecule has 0 saturated heterocycles. The lowest BCUT2D eigenvalue weighted by Crippen LogP contribution is -2.19. The fourth-order valence-electron chi connectivity index (χ4n) is 0.714. The predicted molar refractivity (Wildman–Crippen MR) is 40.8 cm³/mol. The molecule has 0 fully saturated rings. The van der Waals surface area contributed by atoms with Gasteiger partial charge in [0.15, 0.2) is 5.78 Å². The lowest BCUT2D eigenvalue weighted by Gasteiger charge is -2.11. The van der Waals surface area contributed by atoms with Gasteiger partial charge in [-0.1, -0.05) is 20.3 Å². The van der Waals surface area contributed by atoms with E-state index in [1.165, 1.54) is 6.92 Å². The number of rotatable bonds is 4. The monoisotopic (exact) mass is 144 g/mol. The Morgan fingerprint density at radius 3 is 2.40 bits per heavy atom. The molecule has 0 rings (SSSR count). The Labute approximate surface area is 62.2 Å². The Balaban J connectivity index is 3.56. The van der Waals surface area contributed by atoms with E-state index >= 15 is 0 Å². The van der Waals surface area contributed by atoms with E-state index < -0.39 is 6.10 Å². The second-order valence-electron chi connectivity index (χ2n) is 2.88. The molecule has 2 nitrogen and oxygen atoms in total. The molecule has 0 amide bonds. The van der Waals surface area contributed by atoms with Gasteiger partial charge in [-0.15, -0.1) is 0 Å². The summed E-state index contributed by atoms with van der Waals surface area (Å²) in [6.45, 7) is 5.51. The Morgan fingerprint density at radius 2 is 2.10 bits per heavy atom. The molecule has 2 heteroatoms. The molecule has 0 aliphatic carbocycles. The molecule has 1 N–H and O–H groups in total. The third-order valence-corrected chi connectivity index (χ3v) is 1.79. The van der Waals surface area contributed by atoms with Crippen LogP contribution in [0, 0.1) is 5.92 Å². The zero-order valence-electron chi connectivity index (χ0n) is 6.92. The smallest absolute Gasteiger partial charge is 0.158 e. The highest BCUT2D eigenvalue weighted by Crippen LogP contribution is 2.09. The zero-order chi connectivity index (χ0) is 8.15. The van der Waals surface area contributed by atoms with E-state index in [1.54, 1.807) is 0 Å². The second-order valence-corrected chi connectivity index (χ2v) is 2.88. The minimum Gasteiger partial charge on any atom is -0.385 e. The minimum atomic E-state index is -0.741. The van der Waals surface area contributed by atoms with Crippen molar-refractivity contribution in [3.63, 3.8) is 0 Å². The summed E-state index contributed by atoms with van der Waals surface area (Å²) < 4.78 is 0. The Bertz CT molecular complexity index is 110. The van der Waals surface area contributed by atoms with Crippen molar-refractivity contribution in [1.29, 1.82) is 0 Å². The van der Waals surface area contributed by atoms with Gasteiger partial charge in [0.1, 0.15) is 6.10 Å². The highest BCUT2D eigenvalue weighted by atomic mass is 16.3. The molecule has 2 atom stereocenters. The van der Waals surface area contributed by atoms with E-state index in [4.69, 9.17) is 5.11 Å². The van der Waals surface area contributed by atoms with Crippen LogP contribution in [0.25, 0.3) is 0 Å². The van der Waals surface area contributed by atoms with Crippen LogP contribution in [-0.4, -0.2) is 17.0 Å². The highest BCUT2D eigenvalue weighted by Gasteiger charge is 2.12. The van der Waals surface area contributed by atoms with Gasteiger partial charge in [0.05, 0.1) is 0 Å². The summed E-state index contributed by atoms with van der Waals surface area (Å²) in [4.78, 5) is 10.5. The molecule has 0 aromatic carbocycles. The number of hydrogen-bond acceptors (Lipinski definition) is 2. The molecular weight excluding hydrogens is 128 g/mol. The van der Waals surface area contributed by atoms with Gasteiger partial charge in [-0.2, -0.15) is 0 Å². The Morgan fingerprint density at radius 1 is 1.60 bits per heavy atom. The van der Waals surface area contributed by atoms with Gasteiger partial charge in [-0.05, 0) is 19.3 Å². The topological polar surface area (TPSA) is 37.3 Å². The van der Waals surface area contributed by atoms with Crippen LogP contribution < -0.4 is 0 Å². The first-order valence-electron chi connectivity index (χ1n) is 3.76. The van der Waals surface area contributed by atoms with Crippen LogP contribution in [-0.2, 0) is 4.79 Å². The number of carbonyl (C=O) groups excluding carboxylic acids is 1. The standard InChI is InChI=1S/C8H16O2/c1-4-6(2)5-8(10)7(3)9/h6,8,10H,4-5H2,1-3H3/t6?,8-/m0/s1. The molecule has 0 spiro atoms. The van der Waals surface area contributed by atoms with Crippen molar-refractivity contribution in [1.82, 2.24) is 0 Å². The first-order valence-corrected chi connectivity index (χ1v) is 3.76. The van der Waals surface area contributed by atoms with Crippen molar-refractivity contribution < 1.29 is 9.90 Å². The van der Waals surface area contributed by atoms with Gasteiger partial charge in [-0.3, -0.25) is 4.79 Å². The number of hydrogen-bond donors (Lipinski definition) is 1. The number of carbonyl (C=O) groups is 1. The fraction of sp³-hybridized carbons (Fsp3) is 0.875. The molecule has 1 unspecified atom stereocenters. The van der Waals surface area contributed by atoms with Crippen molar-refractivity contribution in [2.24, 2.45) is 5.92 Å². The largest absolute Gasteiger partial charge is 0.385 e. The van der Waals surface area contributed by atoms with E-state index in [0.29, 0.717) is 12.3 Å². The van der Waals surface area contributed by atoms with E-state index in [1.807, 2.05) is 6.92 Å². The van der Waals surface area contributed by atoms with Crippen LogP contribution in [0.5, 0.6) is 0 Å². The third kappa shape index (κ3) is 3.62. The summed E-state index contributed by atoms with van der Waals surface area (Å²) in [7, 11) is 0. The maximum atomic E-state index is 10.5. The summed E-state index contributed by atoms with van der Waals surface area (Å²) in [5.41, 5.74) is 0. The highest BCUT2D eigenvalue weighted by molar-refractivity contribution is 5.80. The van der Waals surface area contributed by atoms with Gasteiger partial charge in [0, 0.05) is 0 Å². The summed E-state index contributed by atoms with van der Waals surface area (Å²) in [5.74, 6) is 0.319. The average Bonchev–Trinajstić information content (AvgIpc) is 1.87. The van der Waals surface area contributed by atoms with Crippen molar-refractivity contribution in [3.05, 3.63) is 0 Å². The van der Waals surface area contributed by atoms with Crippen molar-refractivity contribution in [3.8, 4) is 0 Å². The molecular formula is C8H16O2. The maximum Gasteiger partial charge on any atom is 0.158 e. The molecule has 10 heavy (non-hydrogen) atoms. The Kier molecular flexibility index (Phi) is 4.28. The quantitative estimate of drug-likeness (QED) is 0.647. The van der Waals surface area contributed by atoms with Gasteiger partial charge < -0.3 is 5.11 Å². The maximum absolute atomic E-state index is 10.5. The van der Waals surface area contributed by atoms with Crippen molar-refractivity contribution in [2.45, 2.75) is 39.7 Å². The van der Waals surface area contributed by atoms with Crippen LogP contribution in [0.3, 0.4) is 0 Å². The van der Waals surface area contributed by atoms with E-state index in [9.17, 15) is 4.79 Å². The molecule has 0 saturated carbocycles. The SMILES string of the molecule is CCC(C)C[C@H](O)C(C)=O. The fourth-order valence-corrected chi connectivity index (χ4v) is 0.714. The van der Waals surface area contributed by atoms with Gasteiger partial charge in [-0.25, -0.2) is 0 Å². The summed E-state index contributed by atoms with van der Waals surface area (Å²) in [5, 5.41) is 9.08. The molecule has 0 heterocycles.